The van der Waals surface area contributed by atoms with Crippen molar-refractivity contribution >= 4 is 11.8 Å². The molecule has 0 saturated heterocycles. The molecule has 2 unspecified atom stereocenters. The van der Waals surface area contributed by atoms with E-state index in [1.165, 1.54) is 13.2 Å². The normalized spacial score (nSPS) is 27.6. The minimum Gasteiger partial charge on any atom is -0.466 e. The highest BCUT2D eigenvalue weighted by molar-refractivity contribution is 5.83. The zero-order valence-electron chi connectivity index (χ0n) is 12.5. The van der Waals surface area contributed by atoms with Crippen molar-refractivity contribution in [2.75, 3.05) is 7.11 Å². The third-order valence-corrected chi connectivity index (χ3v) is 3.83. The molecule has 1 saturated carbocycles. The molecule has 0 radical (unpaired) electrons. The number of esters is 1. The van der Waals surface area contributed by atoms with Gasteiger partial charge in [-0.3, -0.25) is 4.79 Å². The number of ketones is 1. The molecule has 0 N–H and O–H groups in total. The number of carbonyl (C=O) groups excluding carboxylic acids is 2. The Morgan fingerprint density at radius 2 is 2.05 bits per heavy atom. The zero-order chi connectivity index (χ0) is 14.6. The van der Waals surface area contributed by atoms with E-state index in [1.807, 2.05) is 13.0 Å². The number of Topliss-reactive ketones (excluding diaryl/α,β-unsaturated/α-hetero) is 1. The van der Waals surface area contributed by atoms with Crippen LogP contribution in [0.5, 0.6) is 0 Å². The largest absolute Gasteiger partial charge is 0.466 e. The van der Waals surface area contributed by atoms with Crippen LogP contribution in [-0.2, 0) is 14.3 Å². The van der Waals surface area contributed by atoms with Crippen LogP contribution in [0.2, 0.25) is 0 Å². The summed E-state index contributed by atoms with van der Waals surface area (Å²) in [5.74, 6) is 0.710. The van der Waals surface area contributed by atoms with Crippen LogP contribution >= 0.6 is 0 Å². The van der Waals surface area contributed by atoms with Crippen molar-refractivity contribution < 1.29 is 14.3 Å². The molecule has 1 aliphatic carbocycles. The number of methoxy groups -OCH3 is 1. The van der Waals surface area contributed by atoms with E-state index in [4.69, 9.17) is 0 Å². The maximum absolute atomic E-state index is 11.7. The van der Waals surface area contributed by atoms with Crippen molar-refractivity contribution in [1.29, 1.82) is 0 Å². The number of allylic oxidation sites excluding steroid dienone is 3. The Labute approximate surface area is 115 Å². The lowest BCUT2D eigenvalue weighted by Gasteiger charge is -2.40. The maximum atomic E-state index is 11.7. The first kappa shape index (κ1) is 15.7. The zero-order valence-corrected chi connectivity index (χ0v) is 12.5. The van der Waals surface area contributed by atoms with Crippen LogP contribution in [0, 0.1) is 17.3 Å². The van der Waals surface area contributed by atoms with Gasteiger partial charge < -0.3 is 4.74 Å². The van der Waals surface area contributed by atoms with E-state index in [1.54, 1.807) is 0 Å². The summed E-state index contributed by atoms with van der Waals surface area (Å²) in [6.45, 7) is 8.26. The van der Waals surface area contributed by atoms with Crippen molar-refractivity contribution in [1.82, 2.24) is 0 Å². The van der Waals surface area contributed by atoms with Crippen molar-refractivity contribution in [2.45, 2.75) is 40.5 Å². The van der Waals surface area contributed by atoms with Crippen LogP contribution in [0.4, 0.5) is 0 Å². The first-order valence-corrected chi connectivity index (χ1v) is 6.72. The predicted octanol–water partition coefficient (Wildman–Crippen LogP) is 3.30. The fraction of sp³-hybridized carbons (Fsp3) is 0.625. The molecular formula is C16H24O3. The van der Waals surface area contributed by atoms with Gasteiger partial charge in [-0.05, 0) is 29.7 Å². The third kappa shape index (κ3) is 4.34. The minimum atomic E-state index is -0.340. The first-order chi connectivity index (χ1) is 8.76. The maximum Gasteiger partial charge on any atom is 0.330 e. The van der Waals surface area contributed by atoms with Gasteiger partial charge >= 0.3 is 5.97 Å². The molecule has 3 heteroatoms. The van der Waals surface area contributed by atoms with Crippen molar-refractivity contribution in [2.24, 2.45) is 17.3 Å². The predicted molar refractivity (Wildman–Crippen MR) is 75.6 cm³/mol. The molecule has 1 aliphatic rings. The summed E-state index contributed by atoms with van der Waals surface area (Å²) in [4.78, 5) is 22.8. The fourth-order valence-corrected chi connectivity index (χ4v) is 2.95. The highest BCUT2D eigenvalue weighted by Gasteiger charge is 2.38. The number of hydrogen-bond acceptors (Lipinski definition) is 3. The topological polar surface area (TPSA) is 43.4 Å². The molecule has 2 atom stereocenters. The third-order valence-electron chi connectivity index (χ3n) is 3.83. The minimum absolute atomic E-state index is 0.0171. The molecule has 0 amide bonds. The molecule has 106 valence electrons. The lowest BCUT2D eigenvalue weighted by molar-refractivity contribution is -0.134. The Hall–Kier alpha value is -1.38. The summed E-state index contributed by atoms with van der Waals surface area (Å²) >= 11 is 0. The summed E-state index contributed by atoms with van der Waals surface area (Å²) < 4.78 is 4.59. The van der Waals surface area contributed by atoms with Gasteiger partial charge in [-0.1, -0.05) is 32.9 Å². The second-order valence-corrected chi connectivity index (χ2v) is 6.18. The second kappa shape index (κ2) is 6.18. The van der Waals surface area contributed by atoms with Crippen molar-refractivity contribution in [3.63, 3.8) is 0 Å². The average Bonchev–Trinajstić information content (AvgIpc) is 2.25. The summed E-state index contributed by atoms with van der Waals surface area (Å²) in [5, 5.41) is 0. The molecule has 0 aromatic carbocycles. The van der Waals surface area contributed by atoms with Crippen LogP contribution < -0.4 is 0 Å². The van der Waals surface area contributed by atoms with Gasteiger partial charge in [0, 0.05) is 18.9 Å². The lowest BCUT2D eigenvalue weighted by atomic mass is 9.63. The standard InChI is InChI=1S/C16H24O3/c1-11(8-15(18)19-5)6-7-14-12(2)9-13(17)10-16(14,3)4/h6-8,12,14H,9-10H2,1-5H3/b7-6+,11-8+. The van der Waals surface area contributed by atoms with Crippen LogP contribution in [-0.4, -0.2) is 18.9 Å². The van der Waals surface area contributed by atoms with Gasteiger partial charge in [-0.25, -0.2) is 4.79 Å². The van der Waals surface area contributed by atoms with Gasteiger partial charge in [0.15, 0.2) is 0 Å². The summed E-state index contributed by atoms with van der Waals surface area (Å²) in [7, 11) is 1.37. The van der Waals surface area contributed by atoms with E-state index in [0.29, 0.717) is 30.5 Å². The quantitative estimate of drug-likeness (QED) is 0.446. The van der Waals surface area contributed by atoms with Crippen LogP contribution in [0.3, 0.4) is 0 Å². The molecule has 0 bridgehead atoms. The fourth-order valence-electron chi connectivity index (χ4n) is 2.95. The van der Waals surface area contributed by atoms with Gasteiger partial charge in [-0.15, -0.1) is 0 Å². The Kier molecular flexibility index (Phi) is 5.10. The summed E-state index contributed by atoms with van der Waals surface area (Å²) in [6.07, 6.45) is 6.84. The number of carbonyl (C=O) groups is 2. The highest BCUT2D eigenvalue weighted by atomic mass is 16.5. The van der Waals surface area contributed by atoms with Gasteiger partial charge in [-0.2, -0.15) is 0 Å². The molecule has 1 fully saturated rings. The molecule has 0 aliphatic heterocycles. The molecule has 0 aromatic heterocycles. The average molecular weight is 264 g/mol. The molecule has 19 heavy (non-hydrogen) atoms. The molecular weight excluding hydrogens is 240 g/mol. The SMILES string of the molecule is COC(=O)/C=C(C)/C=C/C1C(C)CC(=O)CC1(C)C. The Morgan fingerprint density at radius 1 is 1.42 bits per heavy atom. The van der Waals surface area contributed by atoms with Crippen LogP contribution in [0.15, 0.2) is 23.8 Å². The molecule has 0 heterocycles. The van der Waals surface area contributed by atoms with Gasteiger partial charge in [0.1, 0.15) is 5.78 Å². The molecule has 1 rings (SSSR count). The second-order valence-electron chi connectivity index (χ2n) is 6.18. The van der Waals surface area contributed by atoms with Crippen molar-refractivity contribution in [3.8, 4) is 0 Å². The van der Waals surface area contributed by atoms with Gasteiger partial charge in [0.2, 0.25) is 0 Å². The summed E-state index contributed by atoms with van der Waals surface area (Å²) in [6, 6.07) is 0. The number of ether oxygens (including phenoxy) is 1. The van der Waals surface area contributed by atoms with E-state index in [-0.39, 0.29) is 11.4 Å². The van der Waals surface area contributed by atoms with E-state index in [2.05, 4.69) is 31.6 Å². The Balaban J connectivity index is 2.82. The number of hydrogen-bond donors (Lipinski definition) is 0. The molecule has 0 spiro atoms. The first-order valence-electron chi connectivity index (χ1n) is 6.72. The van der Waals surface area contributed by atoms with Crippen LogP contribution in [0.1, 0.15) is 40.5 Å². The van der Waals surface area contributed by atoms with E-state index >= 15 is 0 Å². The number of rotatable bonds is 3. The van der Waals surface area contributed by atoms with Gasteiger partial charge in [0.25, 0.3) is 0 Å². The monoisotopic (exact) mass is 264 g/mol. The molecule has 0 aromatic rings. The van der Waals surface area contributed by atoms with E-state index in [9.17, 15) is 9.59 Å². The van der Waals surface area contributed by atoms with E-state index < -0.39 is 0 Å². The highest BCUT2D eigenvalue weighted by Crippen LogP contribution is 2.43. The lowest BCUT2D eigenvalue weighted by Crippen LogP contribution is -2.36. The smallest absolute Gasteiger partial charge is 0.330 e. The van der Waals surface area contributed by atoms with Crippen molar-refractivity contribution in [3.05, 3.63) is 23.8 Å². The van der Waals surface area contributed by atoms with Crippen LogP contribution in [0.25, 0.3) is 0 Å². The molecule has 3 nitrogen and oxygen atoms in total. The Bertz CT molecular complexity index is 416. The Morgan fingerprint density at radius 3 is 2.58 bits per heavy atom. The van der Waals surface area contributed by atoms with Gasteiger partial charge in [0.05, 0.1) is 7.11 Å². The van der Waals surface area contributed by atoms with E-state index in [0.717, 1.165) is 5.57 Å². The summed E-state index contributed by atoms with van der Waals surface area (Å²) in [5.41, 5.74) is 0.850.